The first-order valence-corrected chi connectivity index (χ1v) is 8.24. The van der Waals surface area contributed by atoms with Crippen molar-refractivity contribution in [1.29, 1.82) is 0 Å². The minimum atomic E-state index is 0.0918. The van der Waals surface area contributed by atoms with E-state index >= 15 is 0 Å². The number of hydrogen-bond acceptors (Lipinski definition) is 2. The van der Waals surface area contributed by atoms with Crippen LogP contribution in [-0.4, -0.2) is 11.7 Å². The van der Waals surface area contributed by atoms with Crippen LogP contribution in [0.1, 0.15) is 22.3 Å². The molecule has 0 spiro atoms. The lowest BCUT2D eigenvalue weighted by molar-refractivity contribution is -0.118. The molecule has 2 rings (SSSR count). The third-order valence-electron chi connectivity index (χ3n) is 3.16. The van der Waals surface area contributed by atoms with Crippen LogP contribution in [0, 0.1) is 13.8 Å². The second kappa shape index (κ2) is 7.89. The fourth-order valence-electron chi connectivity index (χ4n) is 2.14. The van der Waals surface area contributed by atoms with Gasteiger partial charge in [-0.2, -0.15) is 0 Å². The van der Waals surface area contributed by atoms with Crippen molar-refractivity contribution in [2.45, 2.75) is 26.1 Å². The quantitative estimate of drug-likeness (QED) is 0.877. The summed E-state index contributed by atoms with van der Waals surface area (Å²) in [7, 11) is 0. The first-order valence-electron chi connectivity index (χ1n) is 7.09. The van der Waals surface area contributed by atoms with E-state index in [0.29, 0.717) is 12.3 Å². The molecular formula is C18H21NOS. The molecule has 0 aromatic heterocycles. The van der Waals surface area contributed by atoms with Crippen LogP contribution in [0.3, 0.4) is 0 Å². The van der Waals surface area contributed by atoms with Gasteiger partial charge in [0, 0.05) is 12.3 Å². The number of benzene rings is 2. The van der Waals surface area contributed by atoms with Gasteiger partial charge in [-0.3, -0.25) is 4.79 Å². The monoisotopic (exact) mass is 299 g/mol. The van der Waals surface area contributed by atoms with Crippen LogP contribution in [0.2, 0.25) is 0 Å². The van der Waals surface area contributed by atoms with Crippen LogP contribution in [0.25, 0.3) is 0 Å². The van der Waals surface area contributed by atoms with Gasteiger partial charge in [0.25, 0.3) is 0 Å². The number of thioether (sulfide) groups is 1. The highest BCUT2D eigenvalue weighted by Crippen LogP contribution is 2.13. The number of aryl methyl sites for hydroxylation is 2. The predicted octanol–water partition coefficient (Wildman–Crippen LogP) is 3.85. The van der Waals surface area contributed by atoms with Gasteiger partial charge in [-0.05, 0) is 25.0 Å². The van der Waals surface area contributed by atoms with Gasteiger partial charge in [-0.1, -0.05) is 59.7 Å². The Kier molecular flexibility index (Phi) is 5.88. The van der Waals surface area contributed by atoms with E-state index in [4.69, 9.17) is 0 Å². The summed E-state index contributed by atoms with van der Waals surface area (Å²) in [5.74, 6) is 1.47. The number of rotatable bonds is 6. The smallest absolute Gasteiger partial charge is 0.230 e. The molecule has 0 fully saturated rings. The molecule has 0 saturated carbocycles. The zero-order valence-electron chi connectivity index (χ0n) is 12.6. The van der Waals surface area contributed by atoms with E-state index < -0.39 is 0 Å². The molecule has 110 valence electrons. The van der Waals surface area contributed by atoms with Crippen LogP contribution in [0.4, 0.5) is 0 Å². The van der Waals surface area contributed by atoms with Gasteiger partial charge in [0.1, 0.15) is 0 Å². The Bertz CT molecular complexity index is 610. The summed E-state index contributed by atoms with van der Waals surface area (Å²) < 4.78 is 0. The van der Waals surface area contributed by atoms with Gasteiger partial charge in [0.2, 0.25) is 5.91 Å². The summed E-state index contributed by atoms with van der Waals surface area (Å²) in [5.41, 5.74) is 4.89. The van der Waals surface area contributed by atoms with Crippen molar-refractivity contribution >= 4 is 17.7 Å². The predicted molar refractivity (Wildman–Crippen MR) is 90.4 cm³/mol. The Morgan fingerprint density at radius 3 is 2.29 bits per heavy atom. The molecule has 0 saturated heterocycles. The van der Waals surface area contributed by atoms with E-state index in [1.54, 1.807) is 11.8 Å². The zero-order chi connectivity index (χ0) is 15.1. The van der Waals surface area contributed by atoms with Gasteiger partial charge in [0.15, 0.2) is 0 Å². The molecule has 0 unspecified atom stereocenters. The summed E-state index contributed by atoms with van der Waals surface area (Å²) in [6.45, 7) is 4.75. The average Bonchev–Trinajstić information content (AvgIpc) is 2.45. The number of carbonyl (C=O) groups is 1. The largest absolute Gasteiger partial charge is 0.351 e. The molecule has 0 atom stereocenters. The van der Waals surface area contributed by atoms with E-state index in [1.807, 2.05) is 12.1 Å². The van der Waals surface area contributed by atoms with E-state index in [-0.39, 0.29) is 5.91 Å². The SMILES string of the molecule is Cc1cccc(CNC(=O)CSCc2cccc(C)c2)c1. The number of carbonyl (C=O) groups excluding carboxylic acids is 1. The molecule has 0 aliphatic carbocycles. The van der Waals surface area contributed by atoms with Gasteiger partial charge >= 0.3 is 0 Å². The average molecular weight is 299 g/mol. The number of nitrogens with one attached hydrogen (secondary N) is 1. The minimum absolute atomic E-state index is 0.0918. The molecule has 2 aromatic carbocycles. The minimum Gasteiger partial charge on any atom is -0.351 e. The fraction of sp³-hybridized carbons (Fsp3) is 0.278. The summed E-state index contributed by atoms with van der Waals surface area (Å²) in [5, 5.41) is 2.96. The molecule has 2 aromatic rings. The summed E-state index contributed by atoms with van der Waals surface area (Å²) in [4.78, 5) is 11.8. The maximum Gasteiger partial charge on any atom is 0.230 e. The fourth-order valence-corrected chi connectivity index (χ4v) is 2.94. The molecule has 0 aliphatic heterocycles. The van der Waals surface area contributed by atoms with Crippen LogP contribution in [0.5, 0.6) is 0 Å². The molecular weight excluding hydrogens is 278 g/mol. The maximum absolute atomic E-state index is 11.8. The van der Waals surface area contributed by atoms with Crippen LogP contribution >= 0.6 is 11.8 Å². The van der Waals surface area contributed by atoms with Gasteiger partial charge in [0.05, 0.1) is 5.75 Å². The second-order valence-electron chi connectivity index (χ2n) is 5.25. The number of hydrogen-bond donors (Lipinski definition) is 1. The first kappa shape index (κ1) is 15.6. The van der Waals surface area contributed by atoms with Crippen molar-refractivity contribution in [3.8, 4) is 0 Å². The van der Waals surface area contributed by atoms with Crippen molar-refractivity contribution in [2.75, 3.05) is 5.75 Å². The molecule has 2 nitrogen and oxygen atoms in total. The lowest BCUT2D eigenvalue weighted by atomic mass is 10.1. The van der Waals surface area contributed by atoms with Crippen LogP contribution in [0.15, 0.2) is 48.5 Å². The number of amides is 1. The topological polar surface area (TPSA) is 29.1 Å². The van der Waals surface area contributed by atoms with Gasteiger partial charge in [-0.15, -0.1) is 11.8 Å². The van der Waals surface area contributed by atoms with Crippen molar-refractivity contribution < 1.29 is 4.79 Å². The Labute approximate surface area is 131 Å². The molecule has 0 aliphatic rings. The van der Waals surface area contributed by atoms with Crippen molar-refractivity contribution in [3.05, 3.63) is 70.8 Å². The highest BCUT2D eigenvalue weighted by molar-refractivity contribution is 7.99. The Balaban J connectivity index is 1.70. The molecule has 21 heavy (non-hydrogen) atoms. The Morgan fingerprint density at radius 2 is 1.62 bits per heavy atom. The highest BCUT2D eigenvalue weighted by atomic mass is 32.2. The van der Waals surface area contributed by atoms with Crippen LogP contribution in [-0.2, 0) is 17.1 Å². The summed E-state index contributed by atoms with van der Waals surface area (Å²) >= 11 is 1.65. The third kappa shape index (κ3) is 5.64. The molecule has 0 bridgehead atoms. The highest BCUT2D eigenvalue weighted by Gasteiger charge is 2.02. The van der Waals surface area contributed by atoms with Crippen molar-refractivity contribution in [2.24, 2.45) is 0 Å². The molecule has 0 heterocycles. The first-order chi connectivity index (χ1) is 10.1. The maximum atomic E-state index is 11.8. The Morgan fingerprint density at radius 1 is 1.00 bits per heavy atom. The normalized spacial score (nSPS) is 10.4. The summed E-state index contributed by atoms with van der Waals surface area (Å²) in [6, 6.07) is 16.6. The molecule has 1 N–H and O–H groups in total. The molecule has 3 heteroatoms. The van der Waals surface area contributed by atoms with E-state index in [9.17, 15) is 4.79 Å². The third-order valence-corrected chi connectivity index (χ3v) is 4.16. The standard InChI is InChI=1S/C18H21NOS/c1-14-5-3-7-16(9-14)11-19-18(20)13-21-12-17-8-4-6-15(2)10-17/h3-10H,11-13H2,1-2H3,(H,19,20). The molecule has 1 amide bonds. The van der Waals surface area contributed by atoms with Crippen molar-refractivity contribution in [3.63, 3.8) is 0 Å². The zero-order valence-corrected chi connectivity index (χ0v) is 13.4. The summed E-state index contributed by atoms with van der Waals surface area (Å²) in [6.07, 6.45) is 0. The van der Waals surface area contributed by atoms with Gasteiger partial charge < -0.3 is 5.32 Å². The lowest BCUT2D eigenvalue weighted by Crippen LogP contribution is -2.24. The van der Waals surface area contributed by atoms with E-state index in [0.717, 1.165) is 11.3 Å². The lowest BCUT2D eigenvalue weighted by Gasteiger charge is -2.06. The Hall–Kier alpha value is -1.74. The second-order valence-corrected chi connectivity index (χ2v) is 6.23. The molecule has 0 radical (unpaired) electrons. The van der Waals surface area contributed by atoms with Crippen LogP contribution < -0.4 is 5.32 Å². The van der Waals surface area contributed by atoms with Crippen molar-refractivity contribution in [1.82, 2.24) is 5.32 Å². The van der Waals surface area contributed by atoms with Gasteiger partial charge in [-0.25, -0.2) is 0 Å². The van der Waals surface area contributed by atoms with E-state index in [2.05, 4.69) is 55.6 Å². The van der Waals surface area contributed by atoms with E-state index in [1.165, 1.54) is 16.7 Å².